The fraction of sp³-hybridized carbons (Fsp3) is 0.938. The summed E-state index contributed by atoms with van der Waals surface area (Å²) >= 11 is 0. The highest BCUT2D eigenvalue weighted by atomic mass is 15.1. The fourth-order valence-corrected chi connectivity index (χ4v) is 2.30. The van der Waals surface area contributed by atoms with Gasteiger partial charge in [0.15, 0.2) is 0 Å². The maximum Gasteiger partial charge on any atom is 0.104 e. The first-order valence-corrected chi connectivity index (χ1v) is 7.61. The van der Waals surface area contributed by atoms with Gasteiger partial charge < -0.3 is 4.90 Å². The number of nitrogens with zero attached hydrogens (tertiary/aromatic N) is 2. The van der Waals surface area contributed by atoms with Gasteiger partial charge in [0, 0.05) is 26.1 Å². The summed E-state index contributed by atoms with van der Waals surface area (Å²) in [7, 11) is 4.18. The molecule has 0 amide bonds. The molecule has 0 atom stereocenters. The Kier molecular flexibility index (Phi) is 9.13. The molecule has 0 rings (SSSR count). The molecule has 0 aliphatic rings. The molecule has 0 aliphatic heterocycles. The topological polar surface area (TPSA) is 15.6 Å². The summed E-state index contributed by atoms with van der Waals surface area (Å²) in [6, 6.07) is 0. The van der Waals surface area contributed by atoms with E-state index in [2.05, 4.69) is 46.7 Å². The SMILES string of the molecule is CCCCCCCCCN=C(N(C)C)C(C)(C)C. The van der Waals surface area contributed by atoms with Crippen LogP contribution >= 0.6 is 0 Å². The maximum absolute atomic E-state index is 4.77. The first kappa shape index (κ1) is 17.5. The number of hydrogen-bond acceptors (Lipinski definition) is 1. The molecule has 18 heavy (non-hydrogen) atoms. The van der Waals surface area contributed by atoms with Gasteiger partial charge in [-0.15, -0.1) is 0 Å². The van der Waals surface area contributed by atoms with E-state index in [9.17, 15) is 0 Å². The van der Waals surface area contributed by atoms with Crippen LogP contribution in [0.25, 0.3) is 0 Å². The monoisotopic (exact) mass is 254 g/mol. The van der Waals surface area contributed by atoms with E-state index in [4.69, 9.17) is 4.99 Å². The lowest BCUT2D eigenvalue weighted by atomic mass is 9.94. The van der Waals surface area contributed by atoms with Crippen molar-refractivity contribution in [3.63, 3.8) is 0 Å². The van der Waals surface area contributed by atoms with Crippen LogP contribution in [0.3, 0.4) is 0 Å². The zero-order valence-electron chi connectivity index (χ0n) is 13.6. The zero-order chi connectivity index (χ0) is 14.0. The molecule has 108 valence electrons. The van der Waals surface area contributed by atoms with Gasteiger partial charge >= 0.3 is 0 Å². The predicted octanol–water partition coefficient (Wildman–Crippen LogP) is 4.74. The molecule has 0 radical (unpaired) electrons. The summed E-state index contributed by atoms with van der Waals surface area (Å²) in [6.07, 6.45) is 9.48. The lowest BCUT2D eigenvalue weighted by Crippen LogP contribution is -2.34. The second-order valence-corrected chi connectivity index (χ2v) is 6.47. The Labute approximate surface area is 115 Å². The predicted molar refractivity (Wildman–Crippen MR) is 83.4 cm³/mol. The van der Waals surface area contributed by atoms with Gasteiger partial charge in [0.05, 0.1) is 0 Å². The van der Waals surface area contributed by atoms with Crippen LogP contribution in [-0.2, 0) is 0 Å². The molecule has 0 saturated heterocycles. The summed E-state index contributed by atoms with van der Waals surface area (Å²) < 4.78 is 0. The van der Waals surface area contributed by atoms with Crippen LogP contribution in [0.1, 0.15) is 72.6 Å². The van der Waals surface area contributed by atoms with Crippen LogP contribution in [0.5, 0.6) is 0 Å². The van der Waals surface area contributed by atoms with Gasteiger partial charge in [0.2, 0.25) is 0 Å². The smallest absolute Gasteiger partial charge is 0.104 e. The second-order valence-electron chi connectivity index (χ2n) is 6.47. The number of rotatable bonds is 8. The van der Waals surface area contributed by atoms with Crippen LogP contribution < -0.4 is 0 Å². The Morgan fingerprint density at radius 2 is 1.39 bits per heavy atom. The van der Waals surface area contributed by atoms with Crippen LogP contribution in [-0.4, -0.2) is 31.4 Å². The molecule has 0 aromatic rings. The van der Waals surface area contributed by atoms with Gasteiger partial charge in [-0.05, 0) is 6.42 Å². The standard InChI is InChI=1S/C16H34N2/c1-7-8-9-10-11-12-13-14-17-15(18(5)6)16(2,3)4/h7-14H2,1-6H3. The third-order valence-corrected chi connectivity index (χ3v) is 3.12. The van der Waals surface area contributed by atoms with Crippen molar-refractivity contribution in [2.45, 2.75) is 72.6 Å². The summed E-state index contributed by atoms with van der Waals surface area (Å²) in [5.41, 5.74) is 0.157. The zero-order valence-corrected chi connectivity index (χ0v) is 13.6. The van der Waals surface area contributed by atoms with Crippen molar-refractivity contribution >= 4 is 5.84 Å². The minimum absolute atomic E-state index is 0.157. The molecule has 0 N–H and O–H groups in total. The normalized spacial score (nSPS) is 12.9. The molecule has 0 aromatic heterocycles. The minimum Gasteiger partial charge on any atom is -0.366 e. The van der Waals surface area contributed by atoms with Crippen LogP contribution in [0.2, 0.25) is 0 Å². The second kappa shape index (κ2) is 9.41. The highest BCUT2D eigenvalue weighted by molar-refractivity contribution is 5.86. The van der Waals surface area contributed by atoms with Crippen LogP contribution in [0, 0.1) is 5.41 Å². The molecule has 2 nitrogen and oxygen atoms in total. The number of amidine groups is 1. The fourth-order valence-electron chi connectivity index (χ4n) is 2.30. The van der Waals surface area contributed by atoms with Crippen molar-refractivity contribution in [2.24, 2.45) is 10.4 Å². The van der Waals surface area contributed by atoms with Crippen molar-refractivity contribution < 1.29 is 0 Å². The molecular formula is C16H34N2. The minimum atomic E-state index is 0.157. The van der Waals surface area contributed by atoms with Crippen LogP contribution in [0.15, 0.2) is 4.99 Å². The summed E-state index contributed by atoms with van der Waals surface area (Å²) in [6.45, 7) is 9.95. The van der Waals surface area contributed by atoms with E-state index in [0.717, 1.165) is 6.54 Å². The van der Waals surface area contributed by atoms with E-state index in [-0.39, 0.29) is 5.41 Å². The summed E-state index contributed by atoms with van der Waals surface area (Å²) in [4.78, 5) is 6.93. The van der Waals surface area contributed by atoms with E-state index in [0.29, 0.717) is 0 Å². The van der Waals surface area contributed by atoms with Gasteiger partial charge in [-0.1, -0.05) is 66.2 Å². The molecule has 0 unspecified atom stereocenters. The average Bonchev–Trinajstić information content (AvgIpc) is 2.24. The average molecular weight is 254 g/mol. The van der Waals surface area contributed by atoms with E-state index in [1.165, 1.54) is 50.8 Å². The van der Waals surface area contributed by atoms with Gasteiger partial charge in [0.25, 0.3) is 0 Å². The van der Waals surface area contributed by atoms with Crippen molar-refractivity contribution in [2.75, 3.05) is 20.6 Å². The molecule has 0 saturated carbocycles. The lowest BCUT2D eigenvalue weighted by molar-refractivity contribution is 0.475. The highest BCUT2D eigenvalue weighted by Gasteiger charge is 2.20. The molecule has 0 bridgehead atoms. The Balaban J connectivity index is 3.78. The van der Waals surface area contributed by atoms with Crippen molar-refractivity contribution in [3.05, 3.63) is 0 Å². The van der Waals surface area contributed by atoms with E-state index >= 15 is 0 Å². The Morgan fingerprint density at radius 1 is 0.889 bits per heavy atom. The first-order valence-electron chi connectivity index (χ1n) is 7.61. The van der Waals surface area contributed by atoms with E-state index in [1.807, 2.05) is 0 Å². The Bertz CT molecular complexity index is 224. The quantitative estimate of drug-likeness (QED) is 0.347. The van der Waals surface area contributed by atoms with Gasteiger partial charge in [-0.25, -0.2) is 0 Å². The van der Waals surface area contributed by atoms with Gasteiger partial charge in [-0.2, -0.15) is 0 Å². The molecule has 0 spiro atoms. The maximum atomic E-state index is 4.77. The third-order valence-electron chi connectivity index (χ3n) is 3.12. The lowest BCUT2D eigenvalue weighted by Gasteiger charge is -2.27. The molecule has 0 heterocycles. The van der Waals surface area contributed by atoms with E-state index in [1.54, 1.807) is 0 Å². The van der Waals surface area contributed by atoms with Crippen molar-refractivity contribution in [1.82, 2.24) is 4.90 Å². The van der Waals surface area contributed by atoms with Crippen molar-refractivity contribution in [1.29, 1.82) is 0 Å². The molecular weight excluding hydrogens is 220 g/mol. The molecule has 2 heteroatoms. The van der Waals surface area contributed by atoms with Gasteiger partial charge in [0.1, 0.15) is 5.84 Å². The number of unbranched alkanes of at least 4 members (excludes halogenated alkanes) is 6. The Morgan fingerprint density at radius 3 is 1.83 bits per heavy atom. The summed E-state index contributed by atoms with van der Waals surface area (Å²) in [5.74, 6) is 1.22. The molecule has 0 aromatic carbocycles. The molecule has 0 aliphatic carbocycles. The molecule has 0 fully saturated rings. The Hall–Kier alpha value is -0.530. The summed E-state index contributed by atoms with van der Waals surface area (Å²) in [5, 5.41) is 0. The van der Waals surface area contributed by atoms with Gasteiger partial charge in [-0.3, -0.25) is 4.99 Å². The number of aliphatic imine (C=N–C) groups is 1. The first-order chi connectivity index (χ1) is 8.39. The highest BCUT2D eigenvalue weighted by Crippen LogP contribution is 2.17. The largest absolute Gasteiger partial charge is 0.366 e. The number of hydrogen-bond donors (Lipinski definition) is 0. The van der Waals surface area contributed by atoms with Crippen molar-refractivity contribution in [3.8, 4) is 0 Å². The van der Waals surface area contributed by atoms with E-state index < -0.39 is 0 Å². The third kappa shape index (κ3) is 8.54. The van der Waals surface area contributed by atoms with Crippen LogP contribution in [0.4, 0.5) is 0 Å².